The van der Waals surface area contributed by atoms with Crippen LogP contribution in [0.3, 0.4) is 0 Å². The van der Waals surface area contributed by atoms with Gasteiger partial charge < -0.3 is 9.32 Å². The summed E-state index contributed by atoms with van der Waals surface area (Å²) in [4.78, 5) is 36.8. The molecule has 5 nitrogen and oxygen atoms in total. The van der Waals surface area contributed by atoms with E-state index in [0.29, 0.717) is 6.42 Å². The molecular formula is C17H14FNO4. The fourth-order valence-corrected chi connectivity index (χ4v) is 2.59. The molecule has 1 atom stereocenters. The highest BCUT2D eigenvalue weighted by atomic mass is 19.1. The van der Waals surface area contributed by atoms with Gasteiger partial charge >= 0.3 is 0 Å². The summed E-state index contributed by atoms with van der Waals surface area (Å²) in [5.41, 5.74) is 1.61. The van der Waals surface area contributed by atoms with E-state index in [1.165, 1.54) is 30.3 Å². The van der Waals surface area contributed by atoms with E-state index >= 15 is 0 Å². The van der Waals surface area contributed by atoms with Gasteiger partial charge in [0.15, 0.2) is 5.76 Å². The summed E-state index contributed by atoms with van der Waals surface area (Å²) in [5, 5.41) is 0. The van der Waals surface area contributed by atoms with Gasteiger partial charge in [-0.1, -0.05) is 12.1 Å². The minimum Gasteiger partial charge on any atom is -0.461 e. The lowest BCUT2D eigenvalue weighted by molar-refractivity contribution is -0.139. The smallest absolute Gasteiger partial charge is 0.290 e. The Labute approximate surface area is 131 Å². The minimum absolute atomic E-state index is 0.0589. The molecule has 2 heterocycles. The van der Waals surface area contributed by atoms with Crippen molar-refractivity contribution in [3.05, 3.63) is 59.3 Å². The summed E-state index contributed by atoms with van der Waals surface area (Å²) in [6.45, 7) is 0.0739. The molecule has 1 aliphatic rings. The second-order valence-electron chi connectivity index (χ2n) is 5.59. The van der Waals surface area contributed by atoms with E-state index in [0.717, 1.165) is 11.1 Å². The monoisotopic (exact) mass is 315 g/mol. The van der Waals surface area contributed by atoms with Crippen LogP contribution in [-0.2, 0) is 16.0 Å². The second kappa shape index (κ2) is 5.79. The molecule has 1 fully saturated rings. The highest BCUT2D eigenvalue weighted by molar-refractivity contribution is 6.43. The summed E-state index contributed by atoms with van der Waals surface area (Å²) >= 11 is 0. The Balaban J connectivity index is 1.74. The Morgan fingerprint density at radius 1 is 1.26 bits per heavy atom. The van der Waals surface area contributed by atoms with Crippen molar-refractivity contribution < 1.29 is 23.2 Å². The van der Waals surface area contributed by atoms with Crippen molar-refractivity contribution in [2.75, 3.05) is 13.6 Å². The van der Waals surface area contributed by atoms with Gasteiger partial charge in [0.1, 0.15) is 11.7 Å². The van der Waals surface area contributed by atoms with Crippen molar-refractivity contribution in [1.29, 1.82) is 0 Å². The zero-order valence-electron chi connectivity index (χ0n) is 12.4. The molecule has 0 aliphatic carbocycles. The first-order valence-electron chi connectivity index (χ1n) is 7.11. The molecular weight excluding hydrogens is 301 g/mol. The van der Waals surface area contributed by atoms with Crippen LogP contribution >= 0.6 is 0 Å². The molecule has 0 saturated carbocycles. The van der Waals surface area contributed by atoms with Gasteiger partial charge in [0.05, 0.1) is 6.26 Å². The van der Waals surface area contributed by atoms with Crippen LogP contribution in [0.1, 0.15) is 21.7 Å². The average Bonchev–Trinajstić information content (AvgIpc) is 3.10. The third kappa shape index (κ3) is 2.92. The summed E-state index contributed by atoms with van der Waals surface area (Å²) in [5.74, 6) is -3.10. The Kier molecular flexibility index (Phi) is 3.82. The number of likely N-dealkylation sites (tertiary alicyclic amines) is 1. The maximum atomic E-state index is 12.9. The fraction of sp³-hybridized carbons (Fsp3) is 0.235. The van der Waals surface area contributed by atoms with Crippen LogP contribution in [0.2, 0.25) is 0 Å². The number of carbonyl (C=O) groups is 3. The van der Waals surface area contributed by atoms with Crippen LogP contribution in [0.15, 0.2) is 41.0 Å². The summed E-state index contributed by atoms with van der Waals surface area (Å²) in [7, 11) is 1.48. The van der Waals surface area contributed by atoms with E-state index in [1.807, 2.05) is 0 Å². The fourth-order valence-electron chi connectivity index (χ4n) is 2.59. The third-order valence-electron chi connectivity index (χ3n) is 3.87. The molecule has 118 valence electrons. The number of hydrogen-bond acceptors (Lipinski definition) is 4. The number of Topliss-reactive ketones (excluding diaryl/α,β-unsaturated/α-hetero) is 2. The molecule has 1 aromatic heterocycles. The predicted octanol–water partition coefficient (Wildman–Crippen LogP) is 1.85. The van der Waals surface area contributed by atoms with E-state index in [9.17, 15) is 18.8 Å². The first-order chi connectivity index (χ1) is 11.0. The molecule has 0 bridgehead atoms. The normalized spacial score (nSPS) is 17.8. The molecule has 0 spiro atoms. The van der Waals surface area contributed by atoms with Crippen LogP contribution in [0, 0.1) is 11.7 Å². The van der Waals surface area contributed by atoms with E-state index in [-0.39, 0.29) is 18.1 Å². The van der Waals surface area contributed by atoms with Crippen molar-refractivity contribution in [3.8, 4) is 0 Å². The number of nitrogens with zero attached hydrogens (tertiary/aromatic N) is 1. The summed E-state index contributed by atoms with van der Waals surface area (Å²) in [6.07, 6.45) is 1.91. The molecule has 1 aromatic carbocycles. The largest absolute Gasteiger partial charge is 0.461 e. The number of benzene rings is 1. The predicted molar refractivity (Wildman–Crippen MR) is 78.4 cm³/mol. The maximum Gasteiger partial charge on any atom is 0.290 e. The topological polar surface area (TPSA) is 67.6 Å². The Bertz CT molecular complexity index is 778. The van der Waals surface area contributed by atoms with Gasteiger partial charge in [-0.3, -0.25) is 14.4 Å². The quantitative estimate of drug-likeness (QED) is 0.490. The molecule has 1 aliphatic heterocycles. The molecule has 1 saturated heterocycles. The zero-order valence-corrected chi connectivity index (χ0v) is 12.4. The number of rotatable bonds is 4. The summed E-state index contributed by atoms with van der Waals surface area (Å²) in [6, 6.07) is 7.58. The van der Waals surface area contributed by atoms with E-state index in [2.05, 4.69) is 0 Å². The lowest BCUT2D eigenvalue weighted by Crippen LogP contribution is -2.23. The van der Waals surface area contributed by atoms with Crippen LogP contribution in [0.4, 0.5) is 4.39 Å². The first-order valence-corrected chi connectivity index (χ1v) is 7.11. The number of halogens is 1. The van der Waals surface area contributed by atoms with E-state index in [4.69, 9.17) is 4.42 Å². The first kappa shape index (κ1) is 15.1. The molecule has 2 aromatic rings. The lowest BCUT2D eigenvalue weighted by Gasteiger charge is -2.05. The van der Waals surface area contributed by atoms with Gasteiger partial charge in [-0.25, -0.2) is 4.39 Å². The van der Waals surface area contributed by atoms with Gasteiger partial charge in [0.2, 0.25) is 11.6 Å². The number of amides is 1. The van der Waals surface area contributed by atoms with Crippen LogP contribution < -0.4 is 0 Å². The van der Waals surface area contributed by atoms with Gasteiger partial charge in [-0.2, -0.15) is 0 Å². The number of carbonyl (C=O) groups excluding carboxylic acids is 3. The molecule has 23 heavy (non-hydrogen) atoms. The van der Waals surface area contributed by atoms with Crippen molar-refractivity contribution in [2.24, 2.45) is 5.92 Å². The zero-order chi connectivity index (χ0) is 16.6. The Hall–Kier alpha value is -2.76. The number of hydrogen-bond donors (Lipinski definition) is 0. The van der Waals surface area contributed by atoms with Crippen molar-refractivity contribution >= 4 is 17.5 Å². The van der Waals surface area contributed by atoms with Crippen LogP contribution in [0.25, 0.3) is 0 Å². The average molecular weight is 315 g/mol. The van der Waals surface area contributed by atoms with E-state index in [1.54, 1.807) is 18.2 Å². The molecule has 1 amide bonds. The minimum atomic E-state index is -1.00. The van der Waals surface area contributed by atoms with E-state index < -0.39 is 23.4 Å². The second-order valence-corrected chi connectivity index (χ2v) is 5.59. The molecule has 6 heteroatoms. The van der Waals surface area contributed by atoms with Crippen LogP contribution in [-0.4, -0.2) is 36.0 Å². The molecule has 0 N–H and O–H groups in total. The number of ketones is 2. The molecule has 3 rings (SSSR count). The summed E-state index contributed by atoms with van der Waals surface area (Å²) < 4.78 is 18.1. The van der Waals surface area contributed by atoms with Gasteiger partial charge in [-0.05, 0) is 29.3 Å². The van der Waals surface area contributed by atoms with Gasteiger partial charge in [-0.15, -0.1) is 0 Å². The van der Waals surface area contributed by atoms with Gasteiger partial charge in [0, 0.05) is 20.0 Å². The van der Waals surface area contributed by atoms with Crippen molar-refractivity contribution in [2.45, 2.75) is 6.42 Å². The van der Waals surface area contributed by atoms with Crippen molar-refractivity contribution in [1.82, 2.24) is 4.90 Å². The SMILES string of the molecule is CN1CC(C(=O)c2cc(Cc3ccc(F)cc3)co2)C(=O)C1=O. The number of likely N-dealkylation sites (N-methyl/N-ethyl adjacent to an activating group) is 1. The standard InChI is InChI=1S/C17H14FNO4/c1-19-8-13(16(21)17(19)22)15(20)14-7-11(9-23-14)6-10-2-4-12(18)5-3-10/h2-5,7,9,13H,6,8H2,1H3. The maximum absolute atomic E-state index is 12.9. The lowest BCUT2D eigenvalue weighted by atomic mass is 9.99. The molecule has 0 radical (unpaired) electrons. The number of furan rings is 1. The van der Waals surface area contributed by atoms with Gasteiger partial charge in [0.25, 0.3) is 5.91 Å². The Morgan fingerprint density at radius 3 is 2.57 bits per heavy atom. The highest BCUT2D eigenvalue weighted by Crippen LogP contribution is 2.21. The van der Waals surface area contributed by atoms with Crippen LogP contribution in [0.5, 0.6) is 0 Å². The van der Waals surface area contributed by atoms with Crippen molar-refractivity contribution in [3.63, 3.8) is 0 Å². The highest BCUT2D eigenvalue weighted by Gasteiger charge is 2.42. The Morgan fingerprint density at radius 2 is 1.96 bits per heavy atom. The molecule has 1 unspecified atom stereocenters. The third-order valence-corrected chi connectivity index (χ3v) is 3.87.